The SMILES string of the molecule is CCN(CC)c1ccc(NC(=O)c2cc(C(=O)NCc3ccco3)ccn2)cc1. The second-order valence-electron chi connectivity index (χ2n) is 6.37. The first-order chi connectivity index (χ1) is 14.1. The number of nitrogens with one attached hydrogen (secondary N) is 2. The lowest BCUT2D eigenvalue weighted by atomic mass is 10.2. The van der Waals surface area contributed by atoms with Gasteiger partial charge >= 0.3 is 0 Å². The van der Waals surface area contributed by atoms with Gasteiger partial charge in [0.05, 0.1) is 12.8 Å². The van der Waals surface area contributed by atoms with Crippen LogP contribution >= 0.6 is 0 Å². The largest absolute Gasteiger partial charge is 0.467 e. The maximum absolute atomic E-state index is 12.5. The molecule has 2 aromatic heterocycles. The number of aromatic nitrogens is 1. The van der Waals surface area contributed by atoms with Crippen LogP contribution in [-0.2, 0) is 6.54 Å². The smallest absolute Gasteiger partial charge is 0.274 e. The molecule has 2 N–H and O–H groups in total. The first-order valence-electron chi connectivity index (χ1n) is 9.53. The molecule has 2 heterocycles. The number of carbonyl (C=O) groups is 2. The molecule has 1 aromatic carbocycles. The first kappa shape index (κ1) is 20.1. The summed E-state index contributed by atoms with van der Waals surface area (Å²) >= 11 is 0. The fourth-order valence-corrected chi connectivity index (χ4v) is 2.92. The summed E-state index contributed by atoms with van der Waals surface area (Å²) in [5.74, 6) is -0.0266. The van der Waals surface area contributed by atoms with Gasteiger partial charge in [-0.15, -0.1) is 0 Å². The lowest BCUT2D eigenvalue weighted by Crippen LogP contribution is -2.23. The Kier molecular flexibility index (Phi) is 6.63. The fraction of sp³-hybridized carbons (Fsp3) is 0.227. The number of amides is 2. The zero-order valence-corrected chi connectivity index (χ0v) is 16.5. The molecule has 29 heavy (non-hydrogen) atoms. The standard InChI is InChI=1S/C22H24N4O3/c1-3-26(4-2)18-9-7-17(8-10-18)25-22(28)20-14-16(11-12-23-20)21(27)24-15-19-6-5-13-29-19/h5-14H,3-4,15H2,1-2H3,(H,24,27)(H,25,28). The van der Waals surface area contributed by atoms with Crippen molar-refractivity contribution in [2.75, 3.05) is 23.3 Å². The molecule has 0 fully saturated rings. The summed E-state index contributed by atoms with van der Waals surface area (Å²) in [6.07, 6.45) is 2.99. The highest BCUT2D eigenvalue weighted by Crippen LogP contribution is 2.18. The predicted molar refractivity (Wildman–Crippen MR) is 112 cm³/mol. The van der Waals surface area contributed by atoms with E-state index < -0.39 is 0 Å². The number of hydrogen-bond donors (Lipinski definition) is 2. The molecule has 0 aliphatic rings. The van der Waals surface area contributed by atoms with Gasteiger partial charge in [-0.2, -0.15) is 0 Å². The average Bonchev–Trinajstić information content (AvgIpc) is 3.28. The Morgan fingerprint density at radius 2 is 1.79 bits per heavy atom. The number of benzene rings is 1. The van der Waals surface area contributed by atoms with E-state index in [1.54, 1.807) is 24.5 Å². The quantitative estimate of drug-likeness (QED) is 0.610. The summed E-state index contributed by atoms with van der Waals surface area (Å²) in [5.41, 5.74) is 2.29. The van der Waals surface area contributed by atoms with Gasteiger partial charge in [0.2, 0.25) is 0 Å². The lowest BCUT2D eigenvalue weighted by Gasteiger charge is -2.21. The minimum atomic E-state index is -0.374. The highest BCUT2D eigenvalue weighted by molar-refractivity contribution is 6.04. The van der Waals surface area contributed by atoms with Gasteiger partial charge in [0.1, 0.15) is 11.5 Å². The van der Waals surface area contributed by atoms with Crippen molar-refractivity contribution in [3.63, 3.8) is 0 Å². The van der Waals surface area contributed by atoms with Crippen LogP contribution in [0.5, 0.6) is 0 Å². The minimum Gasteiger partial charge on any atom is -0.467 e. The van der Waals surface area contributed by atoms with Crippen LogP contribution in [0.1, 0.15) is 40.5 Å². The predicted octanol–water partition coefficient (Wildman–Crippen LogP) is 3.70. The number of rotatable bonds is 8. The molecule has 7 heteroatoms. The maximum atomic E-state index is 12.5. The highest BCUT2D eigenvalue weighted by Gasteiger charge is 2.13. The van der Waals surface area contributed by atoms with E-state index in [2.05, 4.69) is 34.4 Å². The third kappa shape index (κ3) is 5.22. The highest BCUT2D eigenvalue weighted by atomic mass is 16.3. The number of furan rings is 1. The molecule has 0 atom stereocenters. The Morgan fingerprint density at radius 3 is 2.45 bits per heavy atom. The van der Waals surface area contributed by atoms with Crippen molar-refractivity contribution in [1.29, 1.82) is 0 Å². The van der Waals surface area contributed by atoms with E-state index in [1.165, 1.54) is 12.3 Å². The molecule has 150 valence electrons. The summed E-state index contributed by atoms with van der Waals surface area (Å²) in [6, 6.07) is 14.2. The molecular formula is C22H24N4O3. The fourth-order valence-electron chi connectivity index (χ4n) is 2.92. The van der Waals surface area contributed by atoms with Crippen LogP contribution in [0, 0.1) is 0 Å². The van der Waals surface area contributed by atoms with Crippen molar-refractivity contribution in [3.05, 3.63) is 78.0 Å². The van der Waals surface area contributed by atoms with Gasteiger partial charge in [-0.25, -0.2) is 0 Å². The van der Waals surface area contributed by atoms with Gasteiger partial charge in [-0.1, -0.05) is 0 Å². The molecule has 2 amide bonds. The third-order valence-electron chi connectivity index (χ3n) is 4.51. The summed E-state index contributed by atoms with van der Waals surface area (Å²) in [7, 11) is 0. The van der Waals surface area contributed by atoms with Gasteiger partial charge in [-0.3, -0.25) is 14.6 Å². The number of pyridine rings is 1. The summed E-state index contributed by atoms with van der Waals surface area (Å²) < 4.78 is 5.19. The molecular weight excluding hydrogens is 368 g/mol. The monoisotopic (exact) mass is 392 g/mol. The lowest BCUT2D eigenvalue weighted by molar-refractivity contribution is 0.0948. The molecule has 0 bridgehead atoms. The summed E-state index contributed by atoms with van der Waals surface area (Å²) in [5, 5.41) is 5.56. The second-order valence-corrected chi connectivity index (χ2v) is 6.37. The molecule has 0 spiro atoms. The van der Waals surface area contributed by atoms with Crippen molar-refractivity contribution in [2.24, 2.45) is 0 Å². The Labute approximate surface area is 169 Å². The minimum absolute atomic E-state index is 0.170. The van der Waals surface area contributed by atoms with E-state index in [4.69, 9.17) is 4.42 Å². The molecule has 0 aliphatic heterocycles. The van der Waals surface area contributed by atoms with E-state index in [0.717, 1.165) is 18.8 Å². The van der Waals surface area contributed by atoms with E-state index in [-0.39, 0.29) is 24.1 Å². The second kappa shape index (κ2) is 9.54. The molecule has 3 aromatic rings. The molecule has 0 unspecified atom stereocenters. The van der Waals surface area contributed by atoms with Gasteiger partial charge in [-0.05, 0) is 62.4 Å². The Balaban J connectivity index is 1.63. The van der Waals surface area contributed by atoms with E-state index in [9.17, 15) is 9.59 Å². The van der Waals surface area contributed by atoms with E-state index >= 15 is 0 Å². The van der Waals surface area contributed by atoms with Gasteiger partial charge in [0.15, 0.2) is 0 Å². The Bertz CT molecular complexity index is 948. The Morgan fingerprint density at radius 1 is 1.03 bits per heavy atom. The van der Waals surface area contributed by atoms with Crippen molar-refractivity contribution in [1.82, 2.24) is 10.3 Å². The van der Waals surface area contributed by atoms with Crippen LogP contribution in [0.25, 0.3) is 0 Å². The number of carbonyl (C=O) groups excluding carboxylic acids is 2. The van der Waals surface area contributed by atoms with Crippen LogP contribution in [0.3, 0.4) is 0 Å². The molecule has 0 aliphatic carbocycles. The molecule has 0 saturated heterocycles. The molecule has 7 nitrogen and oxygen atoms in total. The molecule has 0 saturated carbocycles. The van der Waals surface area contributed by atoms with E-state index in [1.807, 2.05) is 24.3 Å². The number of nitrogens with zero attached hydrogens (tertiary/aromatic N) is 2. The normalized spacial score (nSPS) is 10.4. The topological polar surface area (TPSA) is 87.5 Å². The van der Waals surface area contributed by atoms with Gasteiger partial charge in [0.25, 0.3) is 11.8 Å². The van der Waals surface area contributed by atoms with Crippen molar-refractivity contribution in [2.45, 2.75) is 20.4 Å². The van der Waals surface area contributed by atoms with Crippen molar-refractivity contribution in [3.8, 4) is 0 Å². The number of hydrogen-bond acceptors (Lipinski definition) is 5. The zero-order chi connectivity index (χ0) is 20.6. The molecule has 0 radical (unpaired) electrons. The summed E-state index contributed by atoms with van der Waals surface area (Å²) in [6.45, 7) is 6.31. The first-order valence-corrected chi connectivity index (χ1v) is 9.53. The van der Waals surface area contributed by atoms with Crippen LogP contribution < -0.4 is 15.5 Å². The summed E-state index contributed by atoms with van der Waals surface area (Å²) in [4.78, 5) is 31.1. The third-order valence-corrected chi connectivity index (χ3v) is 4.51. The van der Waals surface area contributed by atoms with Crippen molar-refractivity contribution < 1.29 is 14.0 Å². The van der Waals surface area contributed by atoms with Gasteiger partial charge in [0, 0.05) is 36.2 Å². The van der Waals surface area contributed by atoms with E-state index in [0.29, 0.717) is 17.0 Å². The Hall–Kier alpha value is -3.61. The number of anilines is 2. The van der Waals surface area contributed by atoms with Crippen LogP contribution in [0.2, 0.25) is 0 Å². The van der Waals surface area contributed by atoms with Crippen LogP contribution in [0.4, 0.5) is 11.4 Å². The molecule has 3 rings (SSSR count). The average molecular weight is 392 g/mol. The maximum Gasteiger partial charge on any atom is 0.274 e. The zero-order valence-electron chi connectivity index (χ0n) is 16.5. The van der Waals surface area contributed by atoms with Crippen molar-refractivity contribution >= 4 is 23.2 Å². The van der Waals surface area contributed by atoms with Crippen LogP contribution in [-0.4, -0.2) is 29.9 Å². The van der Waals surface area contributed by atoms with Gasteiger partial charge < -0.3 is 20.0 Å². The van der Waals surface area contributed by atoms with Crippen LogP contribution in [0.15, 0.2) is 65.4 Å².